The molecular weight excluding hydrogens is 260 g/mol. The fraction of sp³-hybridized carbons (Fsp3) is 0.722. The zero-order valence-electron chi connectivity index (χ0n) is 13.6. The zero-order chi connectivity index (χ0) is 15.0. The summed E-state index contributed by atoms with van der Waals surface area (Å²) in [4.78, 5) is 4.13. The molecule has 0 aromatic carbocycles. The van der Waals surface area contributed by atoms with E-state index in [-0.39, 0.29) is 5.60 Å². The Balaban J connectivity index is 2.18. The van der Waals surface area contributed by atoms with Crippen LogP contribution in [-0.2, 0) is 11.2 Å². The summed E-state index contributed by atoms with van der Waals surface area (Å²) in [5, 5.41) is 3.71. The fourth-order valence-electron chi connectivity index (χ4n) is 3.65. The zero-order valence-corrected chi connectivity index (χ0v) is 13.6. The van der Waals surface area contributed by atoms with E-state index in [1.54, 1.807) is 0 Å². The van der Waals surface area contributed by atoms with E-state index in [0.29, 0.717) is 6.04 Å². The maximum Gasteiger partial charge on any atom is 0.0837 e. The Hall–Kier alpha value is -0.930. The summed E-state index contributed by atoms with van der Waals surface area (Å²) in [6.45, 7) is 6.11. The van der Waals surface area contributed by atoms with Gasteiger partial charge in [0.15, 0.2) is 0 Å². The number of nitrogens with zero attached hydrogens (tertiary/aromatic N) is 1. The third-order valence-electron chi connectivity index (χ3n) is 4.66. The van der Waals surface area contributed by atoms with Crippen molar-refractivity contribution in [3.8, 4) is 0 Å². The minimum atomic E-state index is 0.00449. The molecule has 3 nitrogen and oxygen atoms in total. The van der Waals surface area contributed by atoms with Crippen LogP contribution in [0.5, 0.6) is 0 Å². The Kier molecular flexibility index (Phi) is 6.65. The molecule has 0 radical (unpaired) electrons. The van der Waals surface area contributed by atoms with Crippen molar-refractivity contribution in [1.82, 2.24) is 10.3 Å². The van der Waals surface area contributed by atoms with Crippen molar-refractivity contribution in [3.05, 3.63) is 30.1 Å². The Morgan fingerprint density at radius 3 is 2.38 bits per heavy atom. The molecule has 1 aromatic heterocycles. The molecule has 0 bridgehead atoms. The molecule has 0 spiro atoms. The highest BCUT2D eigenvalue weighted by Crippen LogP contribution is 2.34. The van der Waals surface area contributed by atoms with Crippen LogP contribution < -0.4 is 5.32 Å². The normalized spacial score (nSPS) is 19.9. The van der Waals surface area contributed by atoms with Gasteiger partial charge in [-0.15, -0.1) is 0 Å². The van der Waals surface area contributed by atoms with Gasteiger partial charge in [0.2, 0.25) is 0 Å². The lowest BCUT2D eigenvalue weighted by atomic mass is 9.82. The molecule has 3 heteroatoms. The van der Waals surface area contributed by atoms with Crippen molar-refractivity contribution in [2.75, 3.05) is 13.2 Å². The molecule has 1 aromatic rings. The average molecular weight is 290 g/mol. The summed E-state index contributed by atoms with van der Waals surface area (Å²) >= 11 is 0. The van der Waals surface area contributed by atoms with Crippen LogP contribution in [0.3, 0.4) is 0 Å². The van der Waals surface area contributed by atoms with Crippen LogP contribution in [0.1, 0.15) is 57.9 Å². The molecule has 1 fully saturated rings. The molecule has 2 rings (SSSR count). The third kappa shape index (κ3) is 4.52. The summed E-state index contributed by atoms with van der Waals surface area (Å²) in [5.41, 5.74) is 1.35. The predicted octanol–water partition coefficient (Wildman–Crippen LogP) is 3.73. The number of likely N-dealkylation sites (N-methyl/N-ethyl adjacent to an activating group) is 1. The highest BCUT2D eigenvalue weighted by Gasteiger charge is 2.39. The minimum Gasteiger partial charge on any atom is -0.374 e. The van der Waals surface area contributed by atoms with Gasteiger partial charge in [0, 0.05) is 25.0 Å². The molecule has 1 atom stereocenters. The van der Waals surface area contributed by atoms with Gasteiger partial charge < -0.3 is 10.1 Å². The van der Waals surface area contributed by atoms with E-state index in [1.807, 2.05) is 12.4 Å². The number of nitrogens with one attached hydrogen (secondary N) is 1. The van der Waals surface area contributed by atoms with Crippen LogP contribution in [0.15, 0.2) is 24.5 Å². The van der Waals surface area contributed by atoms with Crippen molar-refractivity contribution in [1.29, 1.82) is 0 Å². The molecule has 1 heterocycles. The van der Waals surface area contributed by atoms with E-state index in [4.69, 9.17) is 4.74 Å². The molecular formula is C18H30N2O. The highest BCUT2D eigenvalue weighted by atomic mass is 16.5. The maximum atomic E-state index is 6.36. The van der Waals surface area contributed by atoms with Gasteiger partial charge in [0.05, 0.1) is 5.60 Å². The monoisotopic (exact) mass is 290 g/mol. The van der Waals surface area contributed by atoms with Gasteiger partial charge in [-0.3, -0.25) is 4.98 Å². The number of aromatic nitrogens is 1. The first-order valence-corrected chi connectivity index (χ1v) is 8.57. The van der Waals surface area contributed by atoms with Gasteiger partial charge >= 0.3 is 0 Å². The van der Waals surface area contributed by atoms with Crippen LogP contribution in [0, 0.1) is 0 Å². The Morgan fingerprint density at radius 2 is 1.81 bits per heavy atom. The molecule has 1 aliphatic rings. The van der Waals surface area contributed by atoms with Gasteiger partial charge in [-0.2, -0.15) is 0 Å². The Bertz CT molecular complexity index is 385. The number of hydrogen-bond acceptors (Lipinski definition) is 3. The van der Waals surface area contributed by atoms with E-state index in [9.17, 15) is 0 Å². The largest absolute Gasteiger partial charge is 0.374 e. The molecule has 1 saturated carbocycles. The lowest BCUT2D eigenvalue weighted by Crippen LogP contribution is -2.53. The first-order valence-electron chi connectivity index (χ1n) is 8.57. The van der Waals surface area contributed by atoms with E-state index < -0.39 is 0 Å². The van der Waals surface area contributed by atoms with Crippen molar-refractivity contribution >= 4 is 0 Å². The lowest BCUT2D eigenvalue weighted by molar-refractivity contribution is -0.0764. The van der Waals surface area contributed by atoms with Gasteiger partial charge in [0.25, 0.3) is 0 Å². The van der Waals surface area contributed by atoms with Crippen LogP contribution >= 0.6 is 0 Å². The first-order chi connectivity index (χ1) is 10.3. The van der Waals surface area contributed by atoms with Gasteiger partial charge in [-0.05, 0) is 50.4 Å². The summed E-state index contributed by atoms with van der Waals surface area (Å²) < 4.78 is 6.36. The van der Waals surface area contributed by atoms with E-state index in [1.165, 1.54) is 44.1 Å². The predicted molar refractivity (Wildman–Crippen MR) is 87.5 cm³/mol. The second kappa shape index (κ2) is 8.50. The average Bonchev–Trinajstić information content (AvgIpc) is 2.75. The number of hydrogen-bond donors (Lipinski definition) is 1. The second-order valence-electron chi connectivity index (χ2n) is 6.08. The van der Waals surface area contributed by atoms with Crippen LogP contribution in [0.4, 0.5) is 0 Å². The standard InChI is InChI=1S/C18H30N2O/c1-3-20-17(15-16-9-13-19-14-10-16)18(21-4-2)11-7-5-6-8-12-18/h9-10,13-14,17,20H,3-8,11-12,15H2,1-2H3. The Labute approximate surface area is 129 Å². The summed E-state index contributed by atoms with van der Waals surface area (Å²) in [6, 6.07) is 4.64. The maximum absolute atomic E-state index is 6.36. The van der Waals surface area contributed by atoms with Crippen LogP contribution in [0.25, 0.3) is 0 Å². The molecule has 21 heavy (non-hydrogen) atoms. The quantitative estimate of drug-likeness (QED) is 0.777. The molecule has 118 valence electrons. The van der Waals surface area contributed by atoms with Gasteiger partial charge in [-0.25, -0.2) is 0 Å². The Morgan fingerprint density at radius 1 is 1.14 bits per heavy atom. The van der Waals surface area contributed by atoms with Crippen molar-refractivity contribution in [3.63, 3.8) is 0 Å². The van der Waals surface area contributed by atoms with E-state index >= 15 is 0 Å². The molecule has 1 N–H and O–H groups in total. The highest BCUT2D eigenvalue weighted by molar-refractivity contribution is 5.14. The minimum absolute atomic E-state index is 0.00449. The number of pyridine rings is 1. The van der Waals surface area contributed by atoms with Gasteiger partial charge in [-0.1, -0.05) is 32.6 Å². The van der Waals surface area contributed by atoms with E-state index in [2.05, 4.69) is 36.3 Å². The van der Waals surface area contributed by atoms with Crippen LogP contribution in [-0.4, -0.2) is 29.8 Å². The number of rotatable bonds is 7. The molecule has 0 saturated heterocycles. The summed E-state index contributed by atoms with van der Waals surface area (Å²) in [5.74, 6) is 0. The van der Waals surface area contributed by atoms with Gasteiger partial charge in [0.1, 0.15) is 0 Å². The number of ether oxygens (including phenoxy) is 1. The van der Waals surface area contributed by atoms with Crippen molar-refractivity contribution in [2.45, 2.75) is 70.4 Å². The van der Waals surface area contributed by atoms with E-state index in [0.717, 1.165) is 19.6 Å². The summed E-state index contributed by atoms with van der Waals surface area (Å²) in [6.07, 6.45) is 12.4. The lowest BCUT2D eigenvalue weighted by Gasteiger charge is -2.41. The first kappa shape index (κ1) is 16.4. The molecule has 0 amide bonds. The smallest absolute Gasteiger partial charge is 0.0837 e. The second-order valence-corrected chi connectivity index (χ2v) is 6.08. The molecule has 1 aliphatic carbocycles. The fourth-order valence-corrected chi connectivity index (χ4v) is 3.65. The topological polar surface area (TPSA) is 34.2 Å². The van der Waals surface area contributed by atoms with Crippen molar-refractivity contribution in [2.24, 2.45) is 0 Å². The molecule has 0 aliphatic heterocycles. The SMILES string of the molecule is CCNC(Cc1ccncc1)C1(OCC)CCCCCC1. The third-order valence-corrected chi connectivity index (χ3v) is 4.66. The molecule has 1 unspecified atom stereocenters. The van der Waals surface area contributed by atoms with Crippen LogP contribution in [0.2, 0.25) is 0 Å². The summed E-state index contributed by atoms with van der Waals surface area (Å²) in [7, 11) is 0. The van der Waals surface area contributed by atoms with Crippen molar-refractivity contribution < 1.29 is 4.74 Å².